The van der Waals surface area contributed by atoms with Gasteiger partial charge in [-0.3, -0.25) is 4.90 Å². The fourth-order valence-electron chi connectivity index (χ4n) is 4.05. The van der Waals surface area contributed by atoms with E-state index < -0.39 is 0 Å². The Labute approximate surface area is 114 Å². The molecule has 18 heavy (non-hydrogen) atoms. The molecule has 2 aliphatic carbocycles. The Kier molecular flexibility index (Phi) is 5.97. The molecule has 2 unspecified atom stereocenters. The van der Waals surface area contributed by atoms with Crippen LogP contribution in [-0.4, -0.2) is 37.1 Å². The molecule has 2 fully saturated rings. The lowest BCUT2D eigenvalue weighted by Crippen LogP contribution is -2.50. The molecule has 2 rings (SSSR count). The summed E-state index contributed by atoms with van der Waals surface area (Å²) in [6.45, 7) is 0. The molecule has 0 aliphatic heterocycles. The van der Waals surface area contributed by atoms with Crippen molar-refractivity contribution in [2.45, 2.75) is 88.8 Å². The lowest BCUT2D eigenvalue weighted by molar-refractivity contribution is 0.121. The van der Waals surface area contributed by atoms with E-state index in [-0.39, 0.29) is 0 Å². The molecule has 2 nitrogen and oxygen atoms in total. The quantitative estimate of drug-likeness (QED) is 0.773. The number of hydrogen-bond acceptors (Lipinski definition) is 2. The highest BCUT2D eigenvalue weighted by Crippen LogP contribution is 2.28. The third-order valence-corrected chi connectivity index (χ3v) is 5.27. The summed E-state index contributed by atoms with van der Waals surface area (Å²) >= 11 is 0. The molecule has 106 valence electrons. The Balaban J connectivity index is 1.96. The zero-order chi connectivity index (χ0) is 12.8. The van der Waals surface area contributed by atoms with Crippen LogP contribution >= 0.6 is 0 Å². The molecule has 2 heteroatoms. The van der Waals surface area contributed by atoms with Gasteiger partial charge in [-0.15, -0.1) is 0 Å². The highest BCUT2D eigenvalue weighted by atomic mass is 15.2. The predicted molar refractivity (Wildman–Crippen MR) is 79.0 cm³/mol. The minimum Gasteiger partial charge on any atom is -0.315 e. The van der Waals surface area contributed by atoms with Gasteiger partial charge >= 0.3 is 0 Å². The van der Waals surface area contributed by atoms with Crippen molar-refractivity contribution in [1.82, 2.24) is 10.2 Å². The maximum absolute atomic E-state index is 3.59. The van der Waals surface area contributed by atoms with Crippen LogP contribution in [0.15, 0.2) is 0 Å². The summed E-state index contributed by atoms with van der Waals surface area (Å²) in [5, 5.41) is 3.59. The normalized spacial score (nSPS) is 32.2. The van der Waals surface area contributed by atoms with Gasteiger partial charge in [0.25, 0.3) is 0 Å². The van der Waals surface area contributed by atoms with Gasteiger partial charge in [0.2, 0.25) is 0 Å². The molecule has 0 saturated heterocycles. The monoisotopic (exact) mass is 252 g/mol. The molecule has 0 radical (unpaired) electrons. The molecule has 0 spiro atoms. The van der Waals surface area contributed by atoms with Crippen LogP contribution in [0.3, 0.4) is 0 Å². The van der Waals surface area contributed by atoms with Crippen molar-refractivity contribution in [2.24, 2.45) is 0 Å². The van der Waals surface area contributed by atoms with Gasteiger partial charge in [0.05, 0.1) is 0 Å². The number of rotatable bonds is 3. The fourth-order valence-corrected chi connectivity index (χ4v) is 4.05. The van der Waals surface area contributed by atoms with E-state index in [1.165, 1.54) is 70.6 Å². The Bertz CT molecular complexity index is 221. The van der Waals surface area contributed by atoms with Gasteiger partial charge in [-0.2, -0.15) is 0 Å². The van der Waals surface area contributed by atoms with Crippen molar-refractivity contribution in [3.05, 3.63) is 0 Å². The van der Waals surface area contributed by atoms with Crippen LogP contribution in [-0.2, 0) is 0 Å². The first-order valence-corrected chi connectivity index (χ1v) is 8.22. The van der Waals surface area contributed by atoms with Gasteiger partial charge in [0.1, 0.15) is 0 Å². The summed E-state index contributed by atoms with van der Waals surface area (Å²) < 4.78 is 0. The summed E-state index contributed by atoms with van der Waals surface area (Å²) in [5.74, 6) is 0. The molecule has 2 aliphatic rings. The largest absolute Gasteiger partial charge is 0.315 e. The van der Waals surface area contributed by atoms with Crippen LogP contribution in [0.2, 0.25) is 0 Å². The van der Waals surface area contributed by atoms with Crippen LogP contribution in [0.5, 0.6) is 0 Å². The highest BCUT2D eigenvalue weighted by Gasteiger charge is 2.29. The number of likely N-dealkylation sites (N-methyl/N-ethyl adjacent to an activating group) is 2. The van der Waals surface area contributed by atoms with Crippen LogP contribution in [0.4, 0.5) is 0 Å². The molecule has 2 atom stereocenters. The smallest absolute Gasteiger partial charge is 0.0249 e. The summed E-state index contributed by atoms with van der Waals surface area (Å²) in [6.07, 6.45) is 15.8. The molecule has 0 bridgehead atoms. The zero-order valence-corrected chi connectivity index (χ0v) is 12.5. The minimum absolute atomic E-state index is 0.723. The summed E-state index contributed by atoms with van der Waals surface area (Å²) in [6, 6.07) is 2.35. The van der Waals surface area contributed by atoms with E-state index in [4.69, 9.17) is 0 Å². The third kappa shape index (κ3) is 3.71. The van der Waals surface area contributed by atoms with Crippen LogP contribution in [0, 0.1) is 0 Å². The highest BCUT2D eigenvalue weighted by molar-refractivity contribution is 4.88. The van der Waals surface area contributed by atoms with Gasteiger partial charge in [0.15, 0.2) is 0 Å². The molecule has 0 aromatic heterocycles. The first-order chi connectivity index (χ1) is 8.83. The Morgan fingerprint density at radius 1 is 0.778 bits per heavy atom. The van der Waals surface area contributed by atoms with Gasteiger partial charge < -0.3 is 5.32 Å². The van der Waals surface area contributed by atoms with Gasteiger partial charge in [-0.25, -0.2) is 0 Å². The first kappa shape index (κ1) is 14.3. The Morgan fingerprint density at radius 3 is 2.00 bits per heavy atom. The van der Waals surface area contributed by atoms with Gasteiger partial charge in [0, 0.05) is 18.1 Å². The van der Waals surface area contributed by atoms with Crippen molar-refractivity contribution in [3.63, 3.8) is 0 Å². The number of hydrogen-bond donors (Lipinski definition) is 1. The van der Waals surface area contributed by atoms with Crippen LogP contribution in [0.25, 0.3) is 0 Å². The number of nitrogens with one attached hydrogen (secondary N) is 1. The second kappa shape index (κ2) is 7.49. The number of nitrogens with zero attached hydrogens (tertiary/aromatic N) is 1. The summed E-state index contributed by atoms with van der Waals surface area (Å²) in [5.41, 5.74) is 0. The topological polar surface area (TPSA) is 15.3 Å². The zero-order valence-electron chi connectivity index (χ0n) is 12.5. The first-order valence-electron chi connectivity index (χ1n) is 8.22. The van der Waals surface area contributed by atoms with E-state index >= 15 is 0 Å². The molecular weight excluding hydrogens is 220 g/mol. The molecule has 0 aromatic carbocycles. The minimum atomic E-state index is 0.723. The molecule has 0 heterocycles. The lowest BCUT2D eigenvalue weighted by atomic mass is 9.97. The molecular formula is C16H32N2. The second-order valence-corrected chi connectivity index (χ2v) is 6.41. The van der Waals surface area contributed by atoms with Gasteiger partial charge in [-0.1, -0.05) is 44.9 Å². The maximum Gasteiger partial charge on any atom is 0.0249 e. The Morgan fingerprint density at radius 2 is 1.33 bits per heavy atom. The maximum atomic E-state index is 3.59. The standard InChI is InChI=1S/C16H32N2/c1-17-15-12-8-5-9-13-16(15)18(2)14-10-6-3-4-7-11-14/h14-17H,3-13H2,1-2H3. The van der Waals surface area contributed by atoms with E-state index in [9.17, 15) is 0 Å². The second-order valence-electron chi connectivity index (χ2n) is 6.41. The van der Waals surface area contributed by atoms with E-state index in [1.807, 2.05) is 0 Å². The van der Waals surface area contributed by atoms with E-state index in [0.717, 1.165) is 18.1 Å². The van der Waals surface area contributed by atoms with Crippen molar-refractivity contribution in [3.8, 4) is 0 Å². The SMILES string of the molecule is CNC1CCCCCC1N(C)C1CCCCCC1. The summed E-state index contributed by atoms with van der Waals surface area (Å²) in [4.78, 5) is 2.75. The average Bonchev–Trinajstić information content (AvgIpc) is 2.80. The van der Waals surface area contributed by atoms with E-state index in [0.29, 0.717) is 0 Å². The molecule has 0 aromatic rings. The molecule has 2 saturated carbocycles. The van der Waals surface area contributed by atoms with Crippen molar-refractivity contribution in [1.29, 1.82) is 0 Å². The average molecular weight is 252 g/mol. The molecule has 0 amide bonds. The van der Waals surface area contributed by atoms with Crippen molar-refractivity contribution < 1.29 is 0 Å². The van der Waals surface area contributed by atoms with Gasteiger partial charge in [-0.05, 0) is 39.8 Å². The predicted octanol–water partition coefficient (Wildman–Crippen LogP) is 3.56. The van der Waals surface area contributed by atoms with E-state index in [1.54, 1.807) is 0 Å². The summed E-state index contributed by atoms with van der Waals surface area (Å²) in [7, 11) is 4.56. The lowest BCUT2D eigenvalue weighted by Gasteiger charge is -2.38. The fraction of sp³-hybridized carbons (Fsp3) is 1.00. The Hall–Kier alpha value is -0.0800. The van der Waals surface area contributed by atoms with Crippen LogP contribution < -0.4 is 5.32 Å². The van der Waals surface area contributed by atoms with Crippen LogP contribution in [0.1, 0.15) is 70.6 Å². The third-order valence-electron chi connectivity index (χ3n) is 5.27. The van der Waals surface area contributed by atoms with Crippen molar-refractivity contribution >= 4 is 0 Å². The van der Waals surface area contributed by atoms with E-state index in [2.05, 4.69) is 24.3 Å². The molecule has 1 N–H and O–H groups in total. The van der Waals surface area contributed by atoms with Crippen molar-refractivity contribution in [2.75, 3.05) is 14.1 Å².